The van der Waals surface area contributed by atoms with E-state index in [4.69, 9.17) is 11.5 Å². The van der Waals surface area contributed by atoms with Crippen LogP contribution in [-0.2, 0) is 32.0 Å². The van der Waals surface area contributed by atoms with E-state index >= 15 is 0 Å². The van der Waals surface area contributed by atoms with Crippen LogP contribution in [0.2, 0.25) is 0 Å². The minimum atomic E-state index is -0.681. The molecular formula is C62H86N10O6. The van der Waals surface area contributed by atoms with E-state index in [1.165, 1.54) is 0 Å². The van der Waals surface area contributed by atoms with Gasteiger partial charge in [-0.3, -0.25) is 28.8 Å². The van der Waals surface area contributed by atoms with Crippen molar-refractivity contribution in [1.29, 1.82) is 0 Å². The molecule has 16 nitrogen and oxygen atoms in total. The van der Waals surface area contributed by atoms with Crippen LogP contribution < -0.4 is 32.7 Å². The molecule has 2 aliphatic carbocycles. The van der Waals surface area contributed by atoms with Gasteiger partial charge in [0.1, 0.15) is 12.1 Å². The predicted molar refractivity (Wildman–Crippen MR) is 306 cm³/mol. The van der Waals surface area contributed by atoms with Crippen molar-refractivity contribution in [3.05, 3.63) is 119 Å². The third-order valence-electron chi connectivity index (χ3n) is 17.3. The number of nitrogens with zero attached hydrogens (tertiary/aromatic N) is 4. The maximum absolute atomic E-state index is 14.9. The summed E-state index contributed by atoms with van der Waals surface area (Å²) in [6.45, 7) is 5.61. The van der Waals surface area contributed by atoms with E-state index in [1.54, 1.807) is 27.9 Å². The lowest BCUT2D eigenvalue weighted by molar-refractivity contribution is -0.140. The maximum Gasteiger partial charge on any atom is 0.253 e. The fourth-order valence-corrected chi connectivity index (χ4v) is 12.4. The molecule has 16 heteroatoms. The molecule has 0 radical (unpaired) electrons. The molecular weight excluding hydrogens is 981 g/mol. The second-order valence-corrected chi connectivity index (χ2v) is 22.8. The van der Waals surface area contributed by atoms with Crippen molar-refractivity contribution in [3.8, 4) is 0 Å². The van der Waals surface area contributed by atoms with Crippen LogP contribution in [0.5, 0.6) is 0 Å². The quantitative estimate of drug-likeness (QED) is 0.0589. The predicted octanol–water partition coefficient (Wildman–Crippen LogP) is 5.41. The van der Waals surface area contributed by atoms with Crippen molar-refractivity contribution < 1.29 is 28.8 Å². The molecule has 0 spiro atoms. The zero-order chi connectivity index (χ0) is 55.3. The Morgan fingerprint density at radius 2 is 0.910 bits per heavy atom. The summed E-state index contributed by atoms with van der Waals surface area (Å²) >= 11 is 0. The van der Waals surface area contributed by atoms with Crippen molar-refractivity contribution in [2.45, 2.75) is 152 Å². The van der Waals surface area contributed by atoms with Gasteiger partial charge in [0.2, 0.25) is 23.6 Å². The zero-order valence-corrected chi connectivity index (χ0v) is 46.5. The van der Waals surface area contributed by atoms with Crippen molar-refractivity contribution >= 4 is 46.2 Å². The monoisotopic (exact) mass is 1070 g/mol. The summed E-state index contributed by atoms with van der Waals surface area (Å²) in [5.41, 5.74) is 16.5. The number of carbonyl (C=O) groups excluding carboxylic acids is 6. The number of rotatable bonds is 22. The summed E-state index contributed by atoms with van der Waals surface area (Å²) in [6, 6.07) is 27.7. The van der Waals surface area contributed by atoms with Crippen LogP contribution in [-0.4, -0.2) is 157 Å². The number of hydrogen-bond acceptors (Lipinski definition) is 10. The summed E-state index contributed by atoms with van der Waals surface area (Å²) in [6.07, 6.45) is 11.9. The molecule has 0 bridgehead atoms. The fourth-order valence-electron chi connectivity index (χ4n) is 12.4. The molecule has 2 saturated heterocycles. The highest BCUT2D eigenvalue weighted by Crippen LogP contribution is 2.32. The van der Waals surface area contributed by atoms with Crippen LogP contribution >= 0.6 is 0 Å². The van der Waals surface area contributed by atoms with Gasteiger partial charge < -0.3 is 52.3 Å². The number of likely N-dealkylation sites (tertiary alicyclic amines) is 2. The van der Waals surface area contributed by atoms with Crippen LogP contribution in [0.25, 0.3) is 10.8 Å². The number of benzene rings is 4. The Morgan fingerprint density at radius 1 is 0.538 bits per heavy atom. The summed E-state index contributed by atoms with van der Waals surface area (Å²) in [7, 11) is 3.46. The van der Waals surface area contributed by atoms with Crippen molar-refractivity contribution in [1.82, 2.24) is 40.9 Å². The van der Waals surface area contributed by atoms with Gasteiger partial charge in [-0.2, -0.15) is 0 Å². The molecule has 4 aliphatic rings. The van der Waals surface area contributed by atoms with Gasteiger partial charge >= 0.3 is 0 Å². The average molecular weight is 1070 g/mol. The number of nitrogens with two attached hydrogens (primary N) is 2. The molecule has 0 aromatic heterocycles. The van der Waals surface area contributed by atoms with Gasteiger partial charge in [0, 0.05) is 62.5 Å². The SMILES string of the molecule is CN[C@@H](C)C(=O)N[C@H](C(=O)N1C[C@@H](N)C[C@@H]1CN(CCc1ccccc1)C(=O)c1ccc2cc(C(=O)N(CCc3ccccc3)C[C@@H]3C[C@H](N)CN3C(=O)[C@@H](NC(=O)[C@H](C)NC)C3CCCCC3)ccc2c1)C1CCCCC1. The zero-order valence-electron chi connectivity index (χ0n) is 46.5. The third-order valence-corrected chi connectivity index (χ3v) is 17.3. The number of fused-ring (bicyclic) bond motifs is 1. The first-order chi connectivity index (χ1) is 37.7. The summed E-state index contributed by atoms with van der Waals surface area (Å²) in [4.78, 5) is 93.4. The first-order valence-corrected chi connectivity index (χ1v) is 29.0. The molecule has 2 aliphatic heterocycles. The third kappa shape index (κ3) is 14.7. The smallest absolute Gasteiger partial charge is 0.253 e. The fraction of sp³-hybridized carbons (Fsp3) is 0.548. The number of carbonyl (C=O) groups is 6. The minimum absolute atomic E-state index is 0.0172. The lowest BCUT2D eigenvalue weighted by Crippen LogP contribution is -2.57. The molecule has 0 unspecified atom stereocenters. The number of nitrogens with one attached hydrogen (secondary N) is 4. The standard InChI is InChI=1S/C62H86N10O6/c1-41(65-3)57(73)67-55(45-21-13-7-14-22-45)61(77)71-37-51(63)35-53(71)39-69(31-29-43-17-9-5-10-18-43)59(75)49-27-25-48-34-50(28-26-47(48)33-49)60(76)70(32-30-44-19-11-6-12-20-44)40-54-36-52(64)38-72(54)62(78)56(46-23-15-8-16-24-46)68-58(74)42(2)66-4/h5-6,9-12,17-20,25-28,33-34,41-42,45-46,51-56,65-66H,7-8,13-16,21-24,29-32,35-40,63-64H2,1-4H3,(H,67,73)(H,68,74)/t41-,42-,51-,52-,53-,54+,55-,56-/m0/s1. The highest BCUT2D eigenvalue weighted by Gasteiger charge is 2.44. The summed E-state index contributed by atoms with van der Waals surface area (Å²) < 4.78 is 0. The van der Waals surface area contributed by atoms with E-state index in [-0.39, 0.29) is 84.5 Å². The van der Waals surface area contributed by atoms with E-state index in [2.05, 4.69) is 21.3 Å². The van der Waals surface area contributed by atoms with Gasteiger partial charge in [0.25, 0.3) is 11.8 Å². The molecule has 78 heavy (non-hydrogen) atoms. The molecule has 4 aromatic rings. The van der Waals surface area contributed by atoms with Crippen LogP contribution in [0.15, 0.2) is 97.1 Å². The van der Waals surface area contributed by atoms with E-state index in [9.17, 15) is 28.8 Å². The van der Waals surface area contributed by atoms with E-state index in [0.29, 0.717) is 63.0 Å². The Balaban J connectivity index is 1.03. The van der Waals surface area contributed by atoms with Crippen molar-refractivity contribution in [2.75, 3.05) is 53.4 Å². The first-order valence-electron chi connectivity index (χ1n) is 29.0. The van der Waals surface area contributed by atoms with Gasteiger partial charge in [-0.25, -0.2) is 0 Å². The lowest BCUT2D eigenvalue weighted by Gasteiger charge is -2.37. The molecule has 420 valence electrons. The van der Waals surface area contributed by atoms with E-state index < -0.39 is 24.2 Å². The van der Waals surface area contributed by atoms with Gasteiger partial charge in [-0.1, -0.05) is 111 Å². The Kier molecular flexibility index (Phi) is 20.5. The summed E-state index contributed by atoms with van der Waals surface area (Å²) in [5, 5.41) is 13.8. The number of hydrogen-bond donors (Lipinski definition) is 6. The Bertz CT molecular complexity index is 2480. The van der Waals surface area contributed by atoms with E-state index in [1.807, 2.05) is 117 Å². The normalized spacial score (nSPS) is 21.6. The molecule has 4 aromatic carbocycles. The van der Waals surface area contributed by atoms with Gasteiger partial charge in [-0.05, 0) is 137 Å². The topological polar surface area (TPSA) is 216 Å². The number of likely N-dealkylation sites (N-methyl/N-ethyl adjacent to an activating group) is 2. The van der Waals surface area contributed by atoms with Crippen LogP contribution in [0.4, 0.5) is 0 Å². The second kappa shape index (κ2) is 27.6. The molecule has 2 heterocycles. The van der Waals surface area contributed by atoms with Gasteiger partial charge in [0.05, 0.1) is 24.2 Å². The molecule has 8 N–H and O–H groups in total. The highest BCUT2D eigenvalue weighted by molar-refractivity contribution is 6.02. The largest absolute Gasteiger partial charge is 0.343 e. The first kappa shape index (κ1) is 58.0. The van der Waals surface area contributed by atoms with Crippen LogP contribution in [0.3, 0.4) is 0 Å². The molecule has 2 saturated carbocycles. The molecule has 8 atom stereocenters. The average Bonchev–Trinajstić information content (AvgIpc) is 4.05. The second-order valence-electron chi connectivity index (χ2n) is 22.8. The van der Waals surface area contributed by atoms with Gasteiger partial charge in [-0.15, -0.1) is 0 Å². The maximum atomic E-state index is 14.9. The van der Waals surface area contributed by atoms with Crippen LogP contribution in [0, 0.1) is 11.8 Å². The van der Waals surface area contributed by atoms with E-state index in [0.717, 1.165) is 86.1 Å². The van der Waals surface area contributed by atoms with Gasteiger partial charge in [0.15, 0.2) is 0 Å². The molecule has 4 fully saturated rings. The lowest BCUT2D eigenvalue weighted by atomic mass is 9.83. The Labute approximate surface area is 462 Å². The molecule has 8 rings (SSSR count). The van der Waals surface area contributed by atoms with Crippen molar-refractivity contribution in [3.63, 3.8) is 0 Å². The summed E-state index contributed by atoms with van der Waals surface area (Å²) in [5.74, 6) is -1.03. The van der Waals surface area contributed by atoms with Crippen LogP contribution in [0.1, 0.15) is 123 Å². The highest BCUT2D eigenvalue weighted by atomic mass is 16.2. The molecule has 6 amide bonds. The number of amides is 6. The Hall–Kier alpha value is -6.20. The minimum Gasteiger partial charge on any atom is -0.343 e. The Morgan fingerprint density at radius 3 is 1.27 bits per heavy atom. The van der Waals surface area contributed by atoms with Crippen molar-refractivity contribution in [2.24, 2.45) is 23.3 Å².